The molecule has 0 saturated heterocycles. The van der Waals surface area contributed by atoms with E-state index in [9.17, 15) is 14.4 Å². The van der Waals surface area contributed by atoms with Gasteiger partial charge in [-0.05, 0) is 51.5 Å². The van der Waals surface area contributed by atoms with E-state index in [0.717, 1.165) is 77.2 Å². The molecule has 0 aromatic carbocycles. The summed E-state index contributed by atoms with van der Waals surface area (Å²) in [5.41, 5.74) is 5.45. The van der Waals surface area contributed by atoms with Crippen LogP contribution in [0, 0.1) is 0 Å². The third kappa shape index (κ3) is 52.3. The molecule has 0 aliphatic carbocycles. The maximum atomic E-state index is 11.7. The Morgan fingerprint density at radius 3 is 1.02 bits per heavy atom. The van der Waals surface area contributed by atoms with Gasteiger partial charge in [-0.2, -0.15) is 0 Å². The fraction of sp³-hybridized carbons (Fsp3) is 0.933. The molecule has 0 bridgehead atoms. The average molecular weight is 755 g/mol. The normalized spacial score (nSPS) is 10.8. The first-order chi connectivity index (χ1) is 26.0. The lowest BCUT2D eigenvalue weighted by molar-refractivity contribution is -0.144. The second-order valence-electron chi connectivity index (χ2n) is 15.3. The maximum Gasteiger partial charge on any atom is 0.404 e. The van der Waals surface area contributed by atoms with Gasteiger partial charge in [-0.25, -0.2) is 4.79 Å². The van der Waals surface area contributed by atoms with Crippen LogP contribution in [0.3, 0.4) is 0 Å². The third-order valence-electron chi connectivity index (χ3n) is 9.94. The van der Waals surface area contributed by atoms with Crippen LogP contribution in [0.4, 0.5) is 4.79 Å². The Hall–Kier alpha value is -1.83. The van der Waals surface area contributed by atoms with E-state index in [1.807, 2.05) is 0 Å². The monoisotopic (exact) mass is 755 g/mol. The van der Waals surface area contributed by atoms with Crippen molar-refractivity contribution in [3.05, 3.63) is 0 Å². The van der Waals surface area contributed by atoms with Crippen molar-refractivity contribution in [3.63, 3.8) is 0 Å². The highest BCUT2D eigenvalue weighted by Gasteiger charge is 2.04. The fourth-order valence-electron chi connectivity index (χ4n) is 6.47. The Labute approximate surface area is 328 Å². The van der Waals surface area contributed by atoms with E-state index in [4.69, 9.17) is 20.3 Å². The van der Waals surface area contributed by atoms with E-state index < -0.39 is 6.09 Å². The van der Waals surface area contributed by atoms with E-state index in [2.05, 4.69) is 19.2 Å². The third-order valence-corrected chi connectivity index (χ3v) is 9.94. The first-order valence-electron chi connectivity index (χ1n) is 23.0. The van der Waals surface area contributed by atoms with Gasteiger partial charge in [0.2, 0.25) is 0 Å². The molecule has 0 unspecified atom stereocenters. The summed E-state index contributed by atoms with van der Waals surface area (Å²) in [4.78, 5) is 33.5. The Morgan fingerprint density at radius 2 is 0.698 bits per heavy atom. The molecule has 8 heteroatoms. The molecule has 0 atom stereocenters. The minimum atomic E-state index is -0.970. The fourth-order valence-corrected chi connectivity index (χ4v) is 6.47. The van der Waals surface area contributed by atoms with E-state index >= 15 is 0 Å². The quantitative estimate of drug-likeness (QED) is 0.0419. The molecular weight excluding hydrogens is 665 g/mol. The molecule has 0 aliphatic rings. The number of carboxylic acid groups (broad SMARTS) is 1. The number of rotatable bonds is 41. The molecule has 0 aliphatic heterocycles. The van der Waals surface area contributed by atoms with Crippen LogP contribution >= 0.6 is 0 Å². The maximum absolute atomic E-state index is 11.7. The SMILES string of the molecule is CCCCCCCCCCCCCCCC(=O)OCCCCCCN.CCCCCCCCCCCCCCCC(=O)OCCCCCCNC(=O)O. The number of carbonyl (C=O) groups excluding carboxylic acids is 2. The van der Waals surface area contributed by atoms with Gasteiger partial charge in [0.1, 0.15) is 0 Å². The van der Waals surface area contributed by atoms with E-state index in [1.165, 1.54) is 148 Å². The summed E-state index contributed by atoms with van der Waals surface area (Å²) >= 11 is 0. The standard InChI is InChI=1S/C23H45NO4.C22H45NO2/c1-2-3-4-5-6-7-8-9-10-11-12-13-16-19-22(25)28-21-18-15-14-17-20-24-23(26)27;1-2-3-4-5-6-7-8-9-10-11-12-13-16-19-22(24)25-21-18-15-14-17-20-23/h24H,2-21H2,1H3,(H,26,27);2-21,23H2,1H3. The topological polar surface area (TPSA) is 128 Å². The van der Waals surface area contributed by atoms with Gasteiger partial charge in [-0.15, -0.1) is 0 Å². The van der Waals surface area contributed by atoms with Crippen molar-refractivity contribution in [1.82, 2.24) is 5.32 Å². The van der Waals surface area contributed by atoms with Gasteiger partial charge in [0.15, 0.2) is 0 Å². The molecule has 316 valence electrons. The highest BCUT2D eigenvalue weighted by molar-refractivity contribution is 5.69. The molecule has 0 saturated carbocycles. The predicted molar refractivity (Wildman–Crippen MR) is 225 cm³/mol. The van der Waals surface area contributed by atoms with Gasteiger partial charge < -0.3 is 25.6 Å². The molecule has 8 nitrogen and oxygen atoms in total. The van der Waals surface area contributed by atoms with Crippen molar-refractivity contribution in [2.75, 3.05) is 26.3 Å². The lowest BCUT2D eigenvalue weighted by Crippen LogP contribution is -2.21. The van der Waals surface area contributed by atoms with Crippen molar-refractivity contribution < 1.29 is 29.0 Å². The number of nitrogens with one attached hydrogen (secondary N) is 1. The Morgan fingerprint density at radius 1 is 0.415 bits per heavy atom. The molecule has 0 radical (unpaired) electrons. The summed E-state index contributed by atoms with van der Waals surface area (Å²) in [6, 6.07) is 0. The van der Waals surface area contributed by atoms with Crippen molar-refractivity contribution in [2.24, 2.45) is 5.73 Å². The van der Waals surface area contributed by atoms with Gasteiger partial charge in [-0.3, -0.25) is 9.59 Å². The molecule has 0 aromatic heterocycles. The smallest absolute Gasteiger partial charge is 0.404 e. The van der Waals surface area contributed by atoms with Crippen molar-refractivity contribution in [3.8, 4) is 0 Å². The van der Waals surface area contributed by atoms with Crippen molar-refractivity contribution >= 4 is 18.0 Å². The van der Waals surface area contributed by atoms with E-state index in [-0.39, 0.29) is 11.9 Å². The van der Waals surface area contributed by atoms with Crippen LogP contribution in [0.5, 0.6) is 0 Å². The van der Waals surface area contributed by atoms with E-state index in [1.54, 1.807) is 0 Å². The van der Waals surface area contributed by atoms with Gasteiger partial charge in [0.05, 0.1) is 13.2 Å². The summed E-state index contributed by atoms with van der Waals surface area (Å²) < 4.78 is 10.5. The Balaban J connectivity index is 0. The highest BCUT2D eigenvalue weighted by Crippen LogP contribution is 2.15. The first-order valence-corrected chi connectivity index (χ1v) is 23.0. The van der Waals surface area contributed by atoms with Crippen LogP contribution in [0.15, 0.2) is 0 Å². The van der Waals surface area contributed by atoms with Crippen molar-refractivity contribution in [2.45, 2.75) is 245 Å². The van der Waals surface area contributed by atoms with Gasteiger partial charge >= 0.3 is 18.0 Å². The lowest BCUT2D eigenvalue weighted by Gasteiger charge is -2.05. The minimum absolute atomic E-state index is 0.0121. The summed E-state index contributed by atoms with van der Waals surface area (Å²) in [6.07, 6.45) is 42.5. The zero-order valence-electron chi connectivity index (χ0n) is 35.4. The predicted octanol–water partition coefficient (Wildman–Crippen LogP) is 13.4. The summed E-state index contributed by atoms with van der Waals surface area (Å²) in [5.74, 6) is -0.0856. The van der Waals surface area contributed by atoms with Gasteiger partial charge in [-0.1, -0.05) is 187 Å². The molecule has 0 aromatic rings. The van der Waals surface area contributed by atoms with Crippen LogP contribution in [-0.2, 0) is 19.1 Å². The van der Waals surface area contributed by atoms with Gasteiger partial charge in [0, 0.05) is 19.4 Å². The number of amides is 1. The molecule has 0 rings (SSSR count). The Bertz CT molecular complexity index is 750. The lowest BCUT2D eigenvalue weighted by atomic mass is 10.0. The second-order valence-corrected chi connectivity index (χ2v) is 15.3. The highest BCUT2D eigenvalue weighted by atomic mass is 16.5. The minimum Gasteiger partial charge on any atom is -0.466 e. The van der Waals surface area contributed by atoms with Crippen LogP contribution in [0.1, 0.15) is 245 Å². The summed E-state index contributed by atoms with van der Waals surface area (Å²) in [7, 11) is 0. The van der Waals surface area contributed by atoms with Crippen LogP contribution in [0.2, 0.25) is 0 Å². The summed E-state index contributed by atoms with van der Waals surface area (Å²) in [5, 5.41) is 10.8. The van der Waals surface area contributed by atoms with Gasteiger partial charge in [0.25, 0.3) is 0 Å². The molecule has 53 heavy (non-hydrogen) atoms. The number of nitrogens with two attached hydrogens (primary N) is 1. The molecule has 0 heterocycles. The van der Waals surface area contributed by atoms with E-state index in [0.29, 0.717) is 32.6 Å². The number of hydrogen-bond donors (Lipinski definition) is 3. The second kappa shape index (κ2) is 48.2. The molecular formula is C45H90N2O6. The number of carbonyl (C=O) groups is 3. The molecule has 1 amide bonds. The zero-order chi connectivity index (χ0) is 39.1. The van der Waals surface area contributed by atoms with Crippen molar-refractivity contribution in [1.29, 1.82) is 0 Å². The largest absolute Gasteiger partial charge is 0.466 e. The van der Waals surface area contributed by atoms with Crippen LogP contribution in [0.25, 0.3) is 0 Å². The summed E-state index contributed by atoms with van der Waals surface area (Å²) in [6.45, 7) is 6.87. The number of hydrogen-bond acceptors (Lipinski definition) is 6. The number of unbranched alkanes of at least 4 members (excludes halogenated alkanes) is 30. The van der Waals surface area contributed by atoms with Crippen LogP contribution in [-0.4, -0.2) is 49.4 Å². The van der Waals surface area contributed by atoms with Crippen LogP contribution < -0.4 is 11.1 Å². The zero-order valence-corrected chi connectivity index (χ0v) is 35.4. The number of esters is 2. The Kier molecular flexibility index (Phi) is 48.4. The average Bonchev–Trinajstić information content (AvgIpc) is 3.14. The molecule has 0 fully saturated rings. The first kappa shape index (κ1) is 53.3. The molecule has 0 spiro atoms. The molecule has 4 N–H and O–H groups in total. The number of ether oxygens (including phenoxy) is 2.